The highest BCUT2D eigenvalue weighted by molar-refractivity contribution is 5.84. The maximum atomic E-state index is 5.62. The highest BCUT2D eigenvalue weighted by Crippen LogP contribution is 2.22. The fourth-order valence-corrected chi connectivity index (χ4v) is 1.26. The molecular weight excluding hydrogens is 152 g/mol. The third-order valence-electron chi connectivity index (χ3n) is 1.90. The van der Waals surface area contributed by atoms with Crippen molar-refractivity contribution in [3.05, 3.63) is 30.0 Å². The third-order valence-corrected chi connectivity index (χ3v) is 1.90. The van der Waals surface area contributed by atoms with Gasteiger partial charge in [-0.05, 0) is 18.2 Å². The van der Waals surface area contributed by atoms with Crippen LogP contribution in [0.4, 0.5) is 5.69 Å². The first-order chi connectivity index (χ1) is 5.81. The first-order valence-electron chi connectivity index (χ1n) is 3.77. The van der Waals surface area contributed by atoms with Gasteiger partial charge in [0, 0.05) is 23.2 Å². The second kappa shape index (κ2) is 2.53. The van der Waals surface area contributed by atoms with Crippen molar-refractivity contribution in [1.82, 2.24) is 0 Å². The molecule has 0 saturated heterocycles. The Hall–Kier alpha value is -1.48. The van der Waals surface area contributed by atoms with Crippen LogP contribution in [-0.4, -0.2) is 0 Å². The Morgan fingerprint density at radius 2 is 2.17 bits per heavy atom. The van der Waals surface area contributed by atoms with Crippen molar-refractivity contribution >= 4 is 16.7 Å². The summed E-state index contributed by atoms with van der Waals surface area (Å²) >= 11 is 0. The SMILES string of the molecule is NCc1coc2ccc(N)cc12. The Kier molecular flexibility index (Phi) is 1.52. The number of furan rings is 1. The molecule has 0 spiro atoms. The molecule has 12 heavy (non-hydrogen) atoms. The van der Waals surface area contributed by atoms with Crippen LogP contribution in [0.5, 0.6) is 0 Å². The largest absolute Gasteiger partial charge is 0.464 e. The Morgan fingerprint density at radius 1 is 1.33 bits per heavy atom. The molecule has 0 aliphatic heterocycles. The standard InChI is InChI=1S/C9H10N2O/c10-4-6-5-12-9-2-1-7(11)3-8(6)9/h1-3,5H,4,10-11H2. The van der Waals surface area contributed by atoms with Gasteiger partial charge in [-0.25, -0.2) is 0 Å². The summed E-state index contributed by atoms with van der Waals surface area (Å²) in [4.78, 5) is 0. The van der Waals surface area contributed by atoms with Gasteiger partial charge in [-0.2, -0.15) is 0 Å². The van der Waals surface area contributed by atoms with Crippen molar-refractivity contribution in [2.75, 3.05) is 5.73 Å². The van der Waals surface area contributed by atoms with Gasteiger partial charge >= 0.3 is 0 Å². The van der Waals surface area contributed by atoms with E-state index in [1.54, 1.807) is 6.26 Å². The zero-order valence-electron chi connectivity index (χ0n) is 6.58. The minimum Gasteiger partial charge on any atom is -0.464 e. The van der Waals surface area contributed by atoms with Crippen LogP contribution in [0.2, 0.25) is 0 Å². The summed E-state index contributed by atoms with van der Waals surface area (Å²) in [5.74, 6) is 0. The molecule has 1 aromatic heterocycles. The lowest BCUT2D eigenvalue weighted by atomic mass is 10.1. The van der Waals surface area contributed by atoms with E-state index >= 15 is 0 Å². The first-order valence-corrected chi connectivity index (χ1v) is 3.77. The molecule has 3 heteroatoms. The monoisotopic (exact) mass is 162 g/mol. The van der Waals surface area contributed by atoms with Crippen LogP contribution in [0.25, 0.3) is 11.0 Å². The van der Waals surface area contributed by atoms with Gasteiger partial charge in [0.15, 0.2) is 0 Å². The van der Waals surface area contributed by atoms with Crippen molar-refractivity contribution in [2.24, 2.45) is 5.73 Å². The number of fused-ring (bicyclic) bond motifs is 1. The highest BCUT2D eigenvalue weighted by Gasteiger charge is 2.03. The van der Waals surface area contributed by atoms with Crippen LogP contribution in [-0.2, 0) is 6.54 Å². The lowest BCUT2D eigenvalue weighted by Crippen LogP contribution is -1.94. The summed E-state index contributed by atoms with van der Waals surface area (Å²) in [6.45, 7) is 0.483. The molecule has 0 unspecified atom stereocenters. The quantitative estimate of drug-likeness (QED) is 0.624. The number of hydrogen-bond donors (Lipinski definition) is 2. The second-order valence-corrected chi connectivity index (χ2v) is 2.72. The molecule has 0 fully saturated rings. The van der Waals surface area contributed by atoms with Gasteiger partial charge in [0.25, 0.3) is 0 Å². The zero-order chi connectivity index (χ0) is 8.55. The predicted molar refractivity (Wildman–Crippen MR) is 48.5 cm³/mol. The van der Waals surface area contributed by atoms with E-state index in [4.69, 9.17) is 15.9 Å². The summed E-state index contributed by atoms with van der Waals surface area (Å²) < 4.78 is 5.26. The van der Waals surface area contributed by atoms with Crippen molar-refractivity contribution < 1.29 is 4.42 Å². The summed E-state index contributed by atoms with van der Waals surface area (Å²) in [6, 6.07) is 5.54. The Labute approximate surface area is 70.0 Å². The van der Waals surface area contributed by atoms with Gasteiger partial charge in [-0.15, -0.1) is 0 Å². The molecule has 0 atom stereocenters. The van der Waals surface area contributed by atoms with Crippen molar-refractivity contribution in [1.29, 1.82) is 0 Å². The van der Waals surface area contributed by atoms with E-state index in [2.05, 4.69) is 0 Å². The molecule has 0 saturated carbocycles. The van der Waals surface area contributed by atoms with E-state index in [0.29, 0.717) is 6.54 Å². The number of rotatable bonds is 1. The molecule has 0 bridgehead atoms. The minimum atomic E-state index is 0.483. The van der Waals surface area contributed by atoms with Gasteiger partial charge < -0.3 is 15.9 Å². The second-order valence-electron chi connectivity index (χ2n) is 2.72. The number of anilines is 1. The molecule has 3 nitrogen and oxygen atoms in total. The smallest absolute Gasteiger partial charge is 0.134 e. The Morgan fingerprint density at radius 3 is 2.92 bits per heavy atom. The summed E-state index contributed by atoms with van der Waals surface area (Å²) in [6.07, 6.45) is 1.67. The van der Waals surface area contributed by atoms with Gasteiger partial charge in [0.2, 0.25) is 0 Å². The molecule has 0 radical (unpaired) electrons. The first kappa shape index (κ1) is 7.18. The number of nitrogens with two attached hydrogens (primary N) is 2. The third kappa shape index (κ3) is 0.950. The van der Waals surface area contributed by atoms with E-state index in [1.807, 2.05) is 18.2 Å². The van der Waals surface area contributed by atoms with E-state index in [1.165, 1.54) is 0 Å². The number of nitrogen functional groups attached to an aromatic ring is 1. The number of benzene rings is 1. The van der Waals surface area contributed by atoms with E-state index in [9.17, 15) is 0 Å². The maximum absolute atomic E-state index is 5.62. The lowest BCUT2D eigenvalue weighted by molar-refractivity contribution is 0.610. The predicted octanol–water partition coefficient (Wildman–Crippen LogP) is 1.47. The summed E-state index contributed by atoms with van der Waals surface area (Å²) in [5, 5.41) is 1.01. The fraction of sp³-hybridized carbons (Fsp3) is 0.111. The van der Waals surface area contributed by atoms with Crippen LogP contribution in [0.15, 0.2) is 28.9 Å². The van der Waals surface area contributed by atoms with Crippen LogP contribution in [0.1, 0.15) is 5.56 Å². The molecule has 1 heterocycles. The summed E-state index contributed by atoms with van der Waals surface area (Å²) in [7, 11) is 0. The van der Waals surface area contributed by atoms with Gasteiger partial charge in [-0.3, -0.25) is 0 Å². The molecular formula is C9H10N2O. The number of hydrogen-bond acceptors (Lipinski definition) is 3. The van der Waals surface area contributed by atoms with Crippen molar-refractivity contribution in [3.63, 3.8) is 0 Å². The van der Waals surface area contributed by atoms with Crippen LogP contribution in [0.3, 0.4) is 0 Å². The molecule has 0 amide bonds. The van der Waals surface area contributed by atoms with Crippen LogP contribution < -0.4 is 11.5 Å². The molecule has 2 aromatic rings. The average Bonchev–Trinajstić information content (AvgIpc) is 2.46. The Bertz CT molecular complexity index is 406. The van der Waals surface area contributed by atoms with Gasteiger partial charge in [0.1, 0.15) is 5.58 Å². The fourth-order valence-electron chi connectivity index (χ4n) is 1.26. The van der Waals surface area contributed by atoms with E-state index in [0.717, 1.165) is 22.2 Å². The molecule has 0 aliphatic rings. The Balaban J connectivity index is 2.75. The molecule has 4 N–H and O–H groups in total. The van der Waals surface area contributed by atoms with E-state index < -0.39 is 0 Å². The normalized spacial score (nSPS) is 10.8. The highest BCUT2D eigenvalue weighted by atomic mass is 16.3. The minimum absolute atomic E-state index is 0.483. The van der Waals surface area contributed by atoms with Crippen molar-refractivity contribution in [2.45, 2.75) is 6.54 Å². The van der Waals surface area contributed by atoms with Crippen LogP contribution >= 0.6 is 0 Å². The van der Waals surface area contributed by atoms with Gasteiger partial charge in [0.05, 0.1) is 6.26 Å². The average molecular weight is 162 g/mol. The van der Waals surface area contributed by atoms with Gasteiger partial charge in [-0.1, -0.05) is 0 Å². The zero-order valence-corrected chi connectivity index (χ0v) is 6.58. The van der Waals surface area contributed by atoms with E-state index in [-0.39, 0.29) is 0 Å². The molecule has 62 valence electrons. The molecule has 2 rings (SSSR count). The lowest BCUT2D eigenvalue weighted by Gasteiger charge is -1.93. The molecule has 1 aromatic carbocycles. The maximum Gasteiger partial charge on any atom is 0.134 e. The topological polar surface area (TPSA) is 65.2 Å². The summed E-state index contributed by atoms with van der Waals surface area (Å²) in [5.41, 5.74) is 13.7. The molecule has 0 aliphatic carbocycles. The van der Waals surface area contributed by atoms with Crippen molar-refractivity contribution in [3.8, 4) is 0 Å². The van der Waals surface area contributed by atoms with Crippen LogP contribution in [0, 0.1) is 0 Å².